The van der Waals surface area contributed by atoms with Crippen molar-refractivity contribution in [3.8, 4) is 18.4 Å². The van der Waals surface area contributed by atoms with Crippen molar-refractivity contribution in [2.45, 2.75) is 38.8 Å². The molecule has 4 rings (SSSR count). The lowest BCUT2D eigenvalue weighted by Gasteiger charge is -2.19. The van der Waals surface area contributed by atoms with Crippen LogP contribution in [0.15, 0.2) is 34.2 Å². The molecule has 2 aromatic carbocycles. The fourth-order valence-corrected chi connectivity index (χ4v) is 4.40. The van der Waals surface area contributed by atoms with Crippen molar-refractivity contribution in [2.75, 3.05) is 7.05 Å². The van der Waals surface area contributed by atoms with E-state index in [0.717, 1.165) is 0 Å². The number of fused-ring (bicyclic) bond motifs is 1. The summed E-state index contributed by atoms with van der Waals surface area (Å²) in [5, 5.41) is 23.9. The van der Waals surface area contributed by atoms with E-state index in [2.05, 4.69) is 26.5 Å². The third kappa shape index (κ3) is 4.99. The minimum atomic E-state index is -0.791. The Hall–Kier alpha value is -4.54. The second kappa shape index (κ2) is 10.1. The maximum absolute atomic E-state index is 15.4. The summed E-state index contributed by atoms with van der Waals surface area (Å²) >= 11 is 6.12. The summed E-state index contributed by atoms with van der Waals surface area (Å²) in [4.78, 5) is 24.6. The number of carbonyl (C=O) groups excluding carboxylic acids is 1. The minimum Gasteiger partial charge on any atom is -0.444 e. The van der Waals surface area contributed by atoms with Gasteiger partial charge in [-0.1, -0.05) is 28.3 Å². The van der Waals surface area contributed by atoms with Crippen molar-refractivity contribution in [2.24, 2.45) is 5.10 Å². The van der Waals surface area contributed by atoms with Crippen molar-refractivity contribution in [3.63, 3.8) is 0 Å². The molecule has 11 heteroatoms. The average molecular weight is 534 g/mol. The van der Waals surface area contributed by atoms with Crippen LogP contribution in [0.3, 0.4) is 0 Å². The van der Waals surface area contributed by atoms with Crippen LogP contribution in [-0.2, 0) is 11.3 Å². The van der Waals surface area contributed by atoms with Crippen LogP contribution in [0.1, 0.15) is 54.6 Å². The summed E-state index contributed by atoms with van der Waals surface area (Å²) in [6.45, 7) is 5.21. The molecular formula is C27H23ClFN6O3+. The molecule has 38 heavy (non-hydrogen) atoms. The summed E-state index contributed by atoms with van der Waals surface area (Å²) in [6.07, 6.45) is 6.51. The van der Waals surface area contributed by atoms with Gasteiger partial charge < -0.3 is 10.1 Å². The van der Waals surface area contributed by atoms with Gasteiger partial charge in [0.05, 0.1) is 34.4 Å². The number of ether oxygens (including phenoxy) is 1. The number of terminal acetylenes is 1. The van der Waals surface area contributed by atoms with Crippen molar-refractivity contribution < 1.29 is 18.6 Å². The van der Waals surface area contributed by atoms with E-state index in [1.165, 1.54) is 10.8 Å². The summed E-state index contributed by atoms with van der Waals surface area (Å²) in [7, 11) is 1.62. The molecule has 9 nitrogen and oxygen atoms in total. The van der Waals surface area contributed by atoms with E-state index in [-0.39, 0.29) is 28.3 Å². The number of nitrogens with one attached hydrogen (secondary N) is 2. The molecule has 0 fully saturated rings. The number of hydrogen-bond donors (Lipinski definition) is 2. The van der Waals surface area contributed by atoms with Crippen LogP contribution in [0.25, 0.3) is 10.8 Å². The van der Waals surface area contributed by atoms with Gasteiger partial charge in [0.1, 0.15) is 23.2 Å². The van der Waals surface area contributed by atoms with Gasteiger partial charge in [-0.05, 0) is 49.6 Å². The monoisotopic (exact) mass is 533 g/mol. The number of hydrogen-bond acceptors (Lipinski definition) is 6. The van der Waals surface area contributed by atoms with Gasteiger partial charge in [0.2, 0.25) is 5.71 Å². The molecule has 192 valence electrons. The highest BCUT2D eigenvalue weighted by atomic mass is 35.5. The highest BCUT2D eigenvalue weighted by Crippen LogP contribution is 2.33. The number of hydrazone groups is 1. The molecule has 2 N–H and O–H groups in total. The van der Waals surface area contributed by atoms with Gasteiger partial charge in [0.25, 0.3) is 5.56 Å². The molecule has 0 bridgehead atoms. The highest BCUT2D eigenvalue weighted by molar-refractivity contribution is 6.31. The third-order valence-corrected chi connectivity index (χ3v) is 6.10. The molecular weight excluding hydrogens is 511 g/mol. The van der Waals surface area contributed by atoms with Crippen LogP contribution in [0.4, 0.5) is 9.18 Å². The van der Waals surface area contributed by atoms with Crippen LogP contribution in [-0.4, -0.2) is 45.6 Å². The van der Waals surface area contributed by atoms with Crippen LogP contribution < -0.4 is 10.9 Å². The molecule has 1 atom stereocenters. The summed E-state index contributed by atoms with van der Waals surface area (Å²) in [5.74, 6) is 0.984. The molecule has 1 unspecified atom stereocenters. The van der Waals surface area contributed by atoms with Crippen LogP contribution in [0.2, 0.25) is 5.02 Å². The standard InChI is InChI=1S/C27H22ClFN6O3/c1-6-14-10-20(28)23(29)22(18(14)11-30)24-19(12-32-35(24)5)15-7-8-16-17(9-15)21(33-34-25(16)36)13-31-26(37)38-27(2,3)4/h1,7-10,12,19H,13H2,2-5H3,(H-,31,34,36,37)/p+1. The molecule has 0 aliphatic carbocycles. The Morgan fingerprint density at radius 1 is 1.34 bits per heavy atom. The number of carbonyl (C=O) groups is 1. The molecule has 1 aliphatic rings. The number of halogens is 2. The van der Waals surface area contributed by atoms with Crippen LogP contribution in [0, 0.1) is 29.5 Å². The van der Waals surface area contributed by atoms with Gasteiger partial charge in [-0.25, -0.2) is 14.3 Å². The number of benzene rings is 2. The number of nitriles is 1. The Morgan fingerprint density at radius 3 is 2.74 bits per heavy atom. The summed E-state index contributed by atoms with van der Waals surface area (Å²) in [5.41, 5.74) is 0.348. The van der Waals surface area contributed by atoms with E-state index < -0.39 is 29.0 Å². The first-order valence-corrected chi connectivity index (χ1v) is 11.8. The molecule has 1 aliphatic heterocycles. The number of nitrogens with zero attached hydrogens (tertiary/aromatic N) is 4. The van der Waals surface area contributed by atoms with Crippen molar-refractivity contribution >= 4 is 40.4 Å². The van der Waals surface area contributed by atoms with E-state index in [1.54, 1.807) is 52.2 Å². The lowest BCUT2D eigenvalue weighted by Crippen LogP contribution is -2.32. The molecule has 3 aromatic rings. The largest absolute Gasteiger partial charge is 0.444 e. The maximum atomic E-state index is 15.4. The zero-order valence-corrected chi connectivity index (χ0v) is 21.8. The van der Waals surface area contributed by atoms with Gasteiger partial charge in [-0.3, -0.25) is 4.79 Å². The second-order valence-corrected chi connectivity index (χ2v) is 9.94. The smallest absolute Gasteiger partial charge is 0.407 e. The maximum Gasteiger partial charge on any atom is 0.407 e. The summed E-state index contributed by atoms with van der Waals surface area (Å²) < 4.78 is 22.1. The first-order valence-electron chi connectivity index (χ1n) is 11.5. The van der Waals surface area contributed by atoms with Crippen molar-refractivity contribution in [1.29, 1.82) is 5.26 Å². The predicted octanol–water partition coefficient (Wildman–Crippen LogP) is 3.81. The topological polar surface area (TPSA) is 123 Å². The zero-order chi connectivity index (χ0) is 27.8. The Morgan fingerprint density at radius 2 is 2.08 bits per heavy atom. The molecule has 0 saturated heterocycles. The van der Waals surface area contributed by atoms with Gasteiger partial charge in [-0.15, -0.1) is 6.42 Å². The van der Waals surface area contributed by atoms with Crippen LogP contribution in [0.5, 0.6) is 0 Å². The van der Waals surface area contributed by atoms with E-state index in [4.69, 9.17) is 22.8 Å². The van der Waals surface area contributed by atoms with E-state index >= 15 is 4.39 Å². The van der Waals surface area contributed by atoms with E-state index in [1.807, 2.05) is 6.07 Å². The Labute approximate surface area is 222 Å². The minimum absolute atomic E-state index is 0.0199. The SMILES string of the molecule is C#Cc1cc(Cl)c(F)c(C2=[N+](C)N=CC2c2ccc3c(=O)[nH]nc(CNC(=O)OC(C)(C)C)c3c2)c1C#N. The second-order valence-electron chi connectivity index (χ2n) is 9.54. The van der Waals surface area contributed by atoms with Gasteiger partial charge in [0, 0.05) is 10.9 Å². The Kier molecular flexibility index (Phi) is 7.03. The predicted molar refractivity (Wildman–Crippen MR) is 141 cm³/mol. The molecule has 0 radical (unpaired) electrons. The fraction of sp³-hybridized carbons (Fsp3) is 0.259. The van der Waals surface area contributed by atoms with Crippen molar-refractivity contribution in [1.82, 2.24) is 15.5 Å². The zero-order valence-electron chi connectivity index (χ0n) is 21.0. The normalized spacial score (nSPS) is 14.9. The Bertz CT molecular complexity index is 1690. The van der Waals surface area contributed by atoms with Gasteiger partial charge >= 0.3 is 6.09 Å². The molecule has 1 amide bonds. The molecule has 0 saturated carbocycles. The first kappa shape index (κ1) is 26.5. The third-order valence-electron chi connectivity index (χ3n) is 5.82. The molecule has 2 heterocycles. The molecule has 0 spiro atoms. The lowest BCUT2D eigenvalue weighted by molar-refractivity contribution is -0.498. The number of H-pyrrole nitrogens is 1. The van der Waals surface area contributed by atoms with Gasteiger partial charge in [-0.2, -0.15) is 10.4 Å². The lowest BCUT2D eigenvalue weighted by atomic mass is 9.86. The van der Waals surface area contributed by atoms with Crippen LogP contribution >= 0.6 is 11.6 Å². The van der Waals surface area contributed by atoms with E-state index in [9.17, 15) is 14.9 Å². The molecule has 1 aromatic heterocycles. The number of rotatable bonds is 4. The summed E-state index contributed by atoms with van der Waals surface area (Å²) in [6, 6.07) is 8.26. The number of alkyl carbamates (subject to hydrolysis) is 1. The fourth-order valence-electron chi connectivity index (χ4n) is 4.19. The number of amides is 1. The highest BCUT2D eigenvalue weighted by Gasteiger charge is 2.37. The average Bonchev–Trinajstić information content (AvgIpc) is 3.24. The number of aromatic nitrogens is 2. The van der Waals surface area contributed by atoms with E-state index in [0.29, 0.717) is 27.7 Å². The first-order chi connectivity index (χ1) is 17.9. The number of aromatic amines is 1. The quantitative estimate of drug-likeness (QED) is 0.390. The van der Waals surface area contributed by atoms with Gasteiger partial charge in [0.15, 0.2) is 12.9 Å². The van der Waals surface area contributed by atoms with Crippen molar-refractivity contribution in [3.05, 3.63) is 73.4 Å². The Balaban J connectivity index is 1.81.